The van der Waals surface area contributed by atoms with Crippen molar-refractivity contribution in [2.45, 2.75) is 26.1 Å². The smallest absolute Gasteiger partial charge is 0.388 e. The molecule has 288 valence electrons. The average molecular weight is 761 g/mol. The summed E-state index contributed by atoms with van der Waals surface area (Å²) in [6.45, 7) is 3.34. The number of hydrogen-bond donors (Lipinski definition) is 3. The first-order chi connectivity index (χ1) is 25.8. The van der Waals surface area contributed by atoms with E-state index in [-0.39, 0.29) is 68.2 Å². The second-order valence-corrected chi connectivity index (χ2v) is 12.5. The summed E-state index contributed by atoms with van der Waals surface area (Å²) >= 11 is 0. The molecule has 4 heterocycles. The van der Waals surface area contributed by atoms with Crippen molar-refractivity contribution in [1.82, 2.24) is 29.4 Å². The Kier molecular flexibility index (Phi) is 11.0. The highest BCUT2D eigenvalue weighted by Crippen LogP contribution is 2.31. The van der Waals surface area contributed by atoms with Gasteiger partial charge in [0.15, 0.2) is 0 Å². The highest BCUT2D eigenvalue weighted by Gasteiger charge is 2.32. The molecule has 0 radical (unpaired) electrons. The van der Waals surface area contributed by atoms with Gasteiger partial charge in [0, 0.05) is 57.6 Å². The Bertz CT molecular complexity index is 2120. The first-order valence-electron chi connectivity index (χ1n) is 17.1. The minimum Gasteiger partial charge on any atom is -0.388 e. The van der Waals surface area contributed by atoms with Crippen LogP contribution in [0.5, 0.6) is 0 Å². The Balaban J connectivity index is 1.24. The third-order valence-electron chi connectivity index (χ3n) is 9.11. The zero-order valence-corrected chi connectivity index (χ0v) is 29.3. The van der Waals surface area contributed by atoms with Gasteiger partial charge in [-0.25, -0.2) is 8.78 Å². The van der Waals surface area contributed by atoms with Crippen LogP contribution in [0.15, 0.2) is 41.2 Å². The molecule has 4 aromatic rings. The van der Waals surface area contributed by atoms with E-state index in [2.05, 4.69) is 26.0 Å². The molecule has 0 spiro atoms. The maximum atomic E-state index is 14.7. The molecule has 20 heteroatoms. The number of alkyl halides is 3. The molecule has 0 unspecified atom stereocenters. The molecule has 15 nitrogen and oxygen atoms in total. The lowest BCUT2D eigenvalue weighted by Gasteiger charge is -2.36. The highest BCUT2D eigenvalue weighted by molar-refractivity contribution is 5.97. The Morgan fingerprint density at radius 2 is 1.67 bits per heavy atom. The molecule has 3 amide bonds. The number of aromatic nitrogens is 4. The number of fused-ring (bicyclic) bond motifs is 1. The summed E-state index contributed by atoms with van der Waals surface area (Å²) in [5, 5.41) is 12.1. The summed E-state index contributed by atoms with van der Waals surface area (Å²) in [4.78, 5) is 62.9. The van der Waals surface area contributed by atoms with Crippen molar-refractivity contribution in [2.24, 2.45) is 0 Å². The third-order valence-corrected chi connectivity index (χ3v) is 9.11. The van der Waals surface area contributed by atoms with Gasteiger partial charge in [-0.15, -0.1) is 5.10 Å². The van der Waals surface area contributed by atoms with E-state index in [9.17, 15) is 41.1 Å². The zero-order chi connectivity index (χ0) is 38.7. The van der Waals surface area contributed by atoms with E-state index in [1.165, 1.54) is 21.6 Å². The van der Waals surface area contributed by atoms with Crippen LogP contribution in [-0.2, 0) is 33.5 Å². The van der Waals surface area contributed by atoms with Crippen molar-refractivity contribution in [2.75, 3.05) is 86.5 Å². The molecule has 2 aliphatic rings. The topological polar surface area (TPSA) is 158 Å². The van der Waals surface area contributed by atoms with Crippen molar-refractivity contribution in [3.63, 3.8) is 0 Å². The molecule has 2 aliphatic heterocycles. The van der Waals surface area contributed by atoms with Crippen LogP contribution in [0.3, 0.4) is 0 Å². The van der Waals surface area contributed by atoms with Crippen LogP contribution in [0, 0.1) is 11.6 Å². The van der Waals surface area contributed by atoms with Gasteiger partial charge in [-0.1, -0.05) is 6.92 Å². The van der Waals surface area contributed by atoms with Crippen LogP contribution >= 0.6 is 0 Å². The van der Waals surface area contributed by atoms with E-state index in [4.69, 9.17) is 4.74 Å². The zero-order valence-electron chi connectivity index (χ0n) is 29.3. The number of hydrogen-bond acceptors (Lipinski definition) is 10. The number of rotatable bonds is 10. The number of amides is 3. The molecule has 0 atom stereocenters. The average Bonchev–Trinajstić information content (AvgIpc) is 3.61. The summed E-state index contributed by atoms with van der Waals surface area (Å²) in [6, 6.07) is 5.50. The fraction of sp³-hybridized carbons (Fsp3) is 0.412. The normalized spacial score (nSPS) is 15.1. The minimum absolute atomic E-state index is 0.0230. The number of benzene rings is 2. The van der Waals surface area contributed by atoms with Crippen LogP contribution in [0.25, 0.3) is 5.78 Å². The highest BCUT2D eigenvalue weighted by atomic mass is 19.4. The van der Waals surface area contributed by atoms with Gasteiger partial charge in [-0.2, -0.15) is 22.7 Å². The molecule has 0 saturated carbocycles. The molecule has 0 aliphatic carbocycles. The van der Waals surface area contributed by atoms with Crippen LogP contribution in [0.4, 0.5) is 45.0 Å². The lowest BCUT2D eigenvalue weighted by molar-refractivity contribution is -0.137. The molecule has 2 fully saturated rings. The molecule has 54 heavy (non-hydrogen) atoms. The predicted octanol–water partition coefficient (Wildman–Crippen LogP) is 2.35. The second kappa shape index (κ2) is 15.7. The number of piperazine rings is 1. The lowest BCUT2D eigenvalue weighted by atomic mass is 10.1. The summed E-state index contributed by atoms with van der Waals surface area (Å²) < 4.78 is 75.8. The second-order valence-electron chi connectivity index (χ2n) is 12.5. The Hall–Kier alpha value is -5.79. The van der Waals surface area contributed by atoms with Gasteiger partial charge in [0.1, 0.15) is 23.9 Å². The summed E-state index contributed by atoms with van der Waals surface area (Å²) in [7, 11) is 1.58. The third kappa shape index (κ3) is 8.07. The number of halogens is 5. The van der Waals surface area contributed by atoms with Gasteiger partial charge >= 0.3 is 6.18 Å². The number of carbonyl (C=O) groups excluding carboxylic acids is 3. The molecule has 6 rings (SSSR count). The summed E-state index contributed by atoms with van der Waals surface area (Å²) in [5.41, 5.74) is -1.18. The van der Waals surface area contributed by atoms with E-state index in [1.807, 2.05) is 4.90 Å². The molecule has 2 aromatic heterocycles. The standard InChI is InChI=1S/C34H37F5N10O5/c1-3-26-29(46-8-6-45(7-9-46)28(51)18-41-30(52)20-14-22(35)17-23(15-20)40-2)31(53)49-33(43-32(44-49)47-10-12-54-13-11-47)48(26)19-27(50)42-25-5-4-21(16-24(25)36)34(37,38)39/h4-5,14-17,40H,3,6-13,18-19H2,1-2H3,(H,41,52)(H,42,50). The molecular formula is C34H37F5N10O5. The van der Waals surface area contributed by atoms with Crippen molar-refractivity contribution in [1.29, 1.82) is 0 Å². The van der Waals surface area contributed by atoms with Crippen LogP contribution in [0.1, 0.15) is 28.5 Å². The van der Waals surface area contributed by atoms with Crippen molar-refractivity contribution in [3.05, 3.63) is 75.2 Å². The lowest BCUT2D eigenvalue weighted by Crippen LogP contribution is -2.52. The number of nitrogens with one attached hydrogen (secondary N) is 3. The van der Waals surface area contributed by atoms with E-state index >= 15 is 0 Å². The van der Waals surface area contributed by atoms with Crippen LogP contribution in [-0.4, -0.2) is 108 Å². The van der Waals surface area contributed by atoms with Crippen molar-refractivity contribution >= 4 is 46.5 Å². The molecule has 0 bridgehead atoms. The quantitative estimate of drug-likeness (QED) is 0.205. The van der Waals surface area contributed by atoms with E-state index < -0.39 is 58.9 Å². The van der Waals surface area contributed by atoms with Gasteiger partial charge in [-0.05, 0) is 42.8 Å². The van der Waals surface area contributed by atoms with Gasteiger partial charge in [0.25, 0.3) is 11.5 Å². The van der Waals surface area contributed by atoms with Crippen molar-refractivity contribution in [3.8, 4) is 0 Å². The van der Waals surface area contributed by atoms with Gasteiger partial charge in [-0.3, -0.25) is 19.2 Å². The number of anilines is 4. The van der Waals surface area contributed by atoms with Gasteiger partial charge < -0.3 is 40.0 Å². The maximum absolute atomic E-state index is 14.7. The van der Waals surface area contributed by atoms with E-state index in [0.717, 1.165) is 16.6 Å². The van der Waals surface area contributed by atoms with E-state index in [1.54, 1.807) is 18.9 Å². The number of carbonyl (C=O) groups is 3. The first-order valence-corrected chi connectivity index (χ1v) is 17.1. The first kappa shape index (κ1) is 38.0. The maximum Gasteiger partial charge on any atom is 0.416 e. The Labute approximate surface area is 304 Å². The minimum atomic E-state index is -4.78. The van der Waals surface area contributed by atoms with Crippen LogP contribution in [0.2, 0.25) is 0 Å². The van der Waals surface area contributed by atoms with Crippen LogP contribution < -0.4 is 31.3 Å². The van der Waals surface area contributed by atoms with Gasteiger partial charge in [0.2, 0.25) is 23.5 Å². The van der Waals surface area contributed by atoms with Crippen molar-refractivity contribution < 1.29 is 41.1 Å². The van der Waals surface area contributed by atoms with Gasteiger partial charge in [0.05, 0.1) is 36.7 Å². The summed E-state index contributed by atoms with van der Waals surface area (Å²) in [6.07, 6.45) is -4.55. The molecule has 2 aromatic carbocycles. The summed E-state index contributed by atoms with van der Waals surface area (Å²) in [5.74, 6) is -3.47. The molecule has 2 saturated heterocycles. The fourth-order valence-corrected chi connectivity index (χ4v) is 6.36. The fourth-order valence-electron chi connectivity index (χ4n) is 6.36. The Morgan fingerprint density at radius 3 is 2.31 bits per heavy atom. The number of ether oxygens (including phenoxy) is 1. The number of morpholine rings is 1. The predicted molar refractivity (Wildman–Crippen MR) is 187 cm³/mol. The molecule has 3 N–H and O–H groups in total. The monoisotopic (exact) mass is 760 g/mol. The molecular weight excluding hydrogens is 723 g/mol. The SMILES string of the molecule is CCc1c(N2CCN(C(=O)CNC(=O)c3cc(F)cc(NC)c3)CC2)c(=O)n2nc(N3CCOCC3)nc2n1CC(=O)Nc1ccc(C(F)(F)F)cc1F. The Morgan fingerprint density at radius 1 is 0.944 bits per heavy atom. The largest absolute Gasteiger partial charge is 0.416 e. The number of nitrogens with zero attached hydrogens (tertiary/aromatic N) is 7. The van der Waals surface area contributed by atoms with E-state index in [0.29, 0.717) is 43.8 Å².